The molecule has 5 nitrogen and oxygen atoms in total. The number of amides is 3. The number of hydrogen-bond donors (Lipinski definition) is 3. The summed E-state index contributed by atoms with van der Waals surface area (Å²) in [4.78, 5) is 24.7. The lowest BCUT2D eigenvalue weighted by Crippen LogP contribution is -2.61. The predicted molar refractivity (Wildman–Crippen MR) is 110 cm³/mol. The van der Waals surface area contributed by atoms with E-state index in [1.807, 2.05) is 38.1 Å². The zero-order valence-corrected chi connectivity index (χ0v) is 17.1. The highest BCUT2D eigenvalue weighted by atomic mass is 16.2. The largest absolute Gasteiger partial charge is 0.350 e. The van der Waals surface area contributed by atoms with Crippen LogP contribution < -0.4 is 16.0 Å². The number of aryl methyl sites for hydroxylation is 1. The van der Waals surface area contributed by atoms with E-state index in [0.29, 0.717) is 13.0 Å². The number of carbonyl (C=O) groups is 2. The summed E-state index contributed by atoms with van der Waals surface area (Å²) in [6.07, 6.45) is 7.80. The Kier molecular flexibility index (Phi) is 5.35. The molecule has 1 aromatic rings. The van der Waals surface area contributed by atoms with Crippen LogP contribution in [0.3, 0.4) is 0 Å². The third-order valence-corrected chi connectivity index (χ3v) is 7.09. The zero-order chi connectivity index (χ0) is 19.7. The molecule has 152 valence electrons. The average molecular weight is 384 g/mol. The smallest absolute Gasteiger partial charge is 0.315 e. The van der Waals surface area contributed by atoms with Crippen molar-refractivity contribution in [2.45, 2.75) is 70.4 Å². The van der Waals surface area contributed by atoms with Crippen molar-refractivity contribution >= 4 is 11.9 Å². The predicted octanol–water partition coefficient (Wildman–Crippen LogP) is 3.83. The molecule has 5 heteroatoms. The third kappa shape index (κ3) is 4.18. The average Bonchev–Trinajstić information content (AvgIpc) is 2.60. The van der Waals surface area contributed by atoms with Gasteiger partial charge >= 0.3 is 6.03 Å². The molecule has 1 atom stereocenters. The Hall–Kier alpha value is -2.04. The van der Waals surface area contributed by atoms with Gasteiger partial charge in [-0.3, -0.25) is 4.79 Å². The van der Waals surface area contributed by atoms with E-state index >= 15 is 0 Å². The van der Waals surface area contributed by atoms with Gasteiger partial charge in [0.05, 0.1) is 6.04 Å². The number of carbonyl (C=O) groups excluding carboxylic acids is 2. The first-order valence-electron chi connectivity index (χ1n) is 10.8. The first-order valence-corrected chi connectivity index (χ1v) is 10.8. The van der Waals surface area contributed by atoms with Crippen LogP contribution in [0, 0.1) is 24.7 Å². The third-order valence-electron chi connectivity index (χ3n) is 7.09. The van der Waals surface area contributed by atoms with E-state index in [-0.39, 0.29) is 23.5 Å². The van der Waals surface area contributed by atoms with Crippen LogP contribution in [-0.4, -0.2) is 24.0 Å². The molecule has 3 amide bonds. The maximum absolute atomic E-state index is 12.4. The molecule has 4 fully saturated rings. The minimum Gasteiger partial charge on any atom is -0.350 e. The fraction of sp³-hybridized carbons (Fsp3) is 0.652. The second-order valence-corrected chi connectivity index (χ2v) is 9.47. The van der Waals surface area contributed by atoms with E-state index < -0.39 is 0 Å². The van der Waals surface area contributed by atoms with Crippen molar-refractivity contribution < 1.29 is 9.59 Å². The number of hydrogen-bond acceptors (Lipinski definition) is 2. The molecule has 28 heavy (non-hydrogen) atoms. The topological polar surface area (TPSA) is 70.2 Å². The SMILES string of the molecule is Cc1ccccc1C(C)NC(=O)CCNC(=O)NC12CC3CC(CC(C3)C1)C2. The number of rotatable bonds is 6. The van der Waals surface area contributed by atoms with Gasteiger partial charge in [-0.15, -0.1) is 0 Å². The van der Waals surface area contributed by atoms with Crippen LogP contribution >= 0.6 is 0 Å². The summed E-state index contributed by atoms with van der Waals surface area (Å²) in [6, 6.07) is 7.93. The maximum atomic E-state index is 12.4. The summed E-state index contributed by atoms with van der Waals surface area (Å²) in [7, 11) is 0. The fourth-order valence-corrected chi connectivity index (χ4v) is 6.30. The van der Waals surface area contributed by atoms with E-state index in [1.165, 1.54) is 24.8 Å². The Morgan fingerprint density at radius 1 is 1.07 bits per heavy atom. The summed E-state index contributed by atoms with van der Waals surface area (Å²) in [6.45, 7) is 4.41. The summed E-state index contributed by atoms with van der Waals surface area (Å²) in [5, 5.41) is 9.22. The number of urea groups is 1. The number of nitrogens with one attached hydrogen (secondary N) is 3. The Morgan fingerprint density at radius 3 is 2.29 bits per heavy atom. The van der Waals surface area contributed by atoms with Crippen LogP contribution in [0.1, 0.15) is 69.0 Å². The molecule has 4 bridgehead atoms. The van der Waals surface area contributed by atoms with Crippen molar-refractivity contribution in [3.63, 3.8) is 0 Å². The Morgan fingerprint density at radius 2 is 1.68 bits per heavy atom. The molecule has 4 aliphatic carbocycles. The minimum absolute atomic E-state index is 0.0143. The molecular formula is C23H33N3O2. The van der Waals surface area contributed by atoms with Gasteiger partial charge in [0.2, 0.25) is 5.91 Å². The molecular weight excluding hydrogens is 350 g/mol. The highest BCUT2D eigenvalue weighted by Gasteiger charge is 2.51. The van der Waals surface area contributed by atoms with Crippen molar-refractivity contribution in [3.05, 3.63) is 35.4 Å². The van der Waals surface area contributed by atoms with Crippen molar-refractivity contribution in [3.8, 4) is 0 Å². The second kappa shape index (κ2) is 7.76. The van der Waals surface area contributed by atoms with Crippen LogP contribution in [0.15, 0.2) is 24.3 Å². The molecule has 4 aliphatic rings. The van der Waals surface area contributed by atoms with Gasteiger partial charge in [0.1, 0.15) is 0 Å². The standard InChI is InChI=1S/C23H33N3O2/c1-15-5-3-4-6-20(15)16(2)25-21(27)7-8-24-22(28)26-23-12-17-9-18(13-23)11-19(10-17)14-23/h3-6,16-19H,7-14H2,1-2H3,(H,25,27)(H2,24,26,28). The van der Waals surface area contributed by atoms with Crippen molar-refractivity contribution in [2.24, 2.45) is 17.8 Å². The molecule has 0 spiro atoms. The molecule has 0 radical (unpaired) electrons. The van der Waals surface area contributed by atoms with Gasteiger partial charge in [0, 0.05) is 18.5 Å². The Bertz CT molecular complexity index is 710. The maximum Gasteiger partial charge on any atom is 0.315 e. The minimum atomic E-state index is -0.110. The molecule has 3 N–H and O–H groups in total. The quantitative estimate of drug-likeness (QED) is 0.699. The van der Waals surface area contributed by atoms with Gasteiger partial charge in [-0.25, -0.2) is 4.79 Å². The van der Waals surface area contributed by atoms with Crippen LogP contribution in [0.4, 0.5) is 4.79 Å². The van der Waals surface area contributed by atoms with Gasteiger partial charge in [-0.05, 0) is 81.3 Å². The molecule has 1 aromatic carbocycles. The van der Waals surface area contributed by atoms with Gasteiger partial charge in [0.25, 0.3) is 0 Å². The summed E-state index contributed by atoms with van der Waals surface area (Å²) in [5.74, 6) is 2.38. The lowest BCUT2D eigenvalue weighted by atomic mass is 9.53. The van der Waals surface area contributed by atoms with Gasteiger partial charge in [-0.1, -0.05) is 24.3 Å². The molecule has 4 saturated carbocycles. The van der Waals surface area contributed by atoms with Crippen molar-refractivity contribution in [2.75, 3.05) is 6.54 Å². The first kappa shape index (κ1) is 19.3. The fourth-order valence-electron chi connectivity index (χ4n) is 6.30. The van der Waals surface area contributed by atoms with Gasteiger partial charge < -0.3 is 16.0 Å². The van der Waals surface area contributed by atoms with Gasteiger partial charge in [-0.2, -0.15) is 0 Å². The van der Waals surface area contributed by atoms with Crippen molar-refractivity contribution in [1.82, 2.24) is 16.0 Å². The van der Waals surface area contributed by atoms with Crippen LogP contribution in [0.5, 0.6) is 0 Å². The van der Waals surface area contributed by atoms with E-state index in [1.54, 1.807) is 0 Å². The molecule has 0 aromatic heterocycles. The first-order chi connectivity index (χ1) is 13.4. The van der Waals surface area contributed by atoms with Crippen LogP contribution in [0.2, 0.25) is 0 Å². The lowest BCUT2D eigenvalue weighted by Gasteiger charge is -2.56. The monoisotopic (exact) mass is 383 g/mol. The molecule has 0 heterocycles. The van der Waals surface area contributed by atoms with E-state index in [2.05, 4.69) is 16.0 Å². The van der Waals surface area contributed by atoms with Crippen molar-refractivity contribution in [1.29, 1.82) is 0 Å². The Balaban J connectivity index is 1.20. The van der Waals surface area contributed by atoms with Crippen LogP contribution in [0.25, 0.3) is 0 Å². The summed E-state index contributed by atoms with van der Waals surface area (Å²) in [5.41, 5.74) is 2.31. The highest BCUT2D eigenvalue weighted by Crippen LogP contribution is 2.55. The molecule has 5 rings (SSSR count). The van der Waals surface area contributed by atoms with Crippen LogP contribution in [-0.2, 0) is 4.79 Å². The summed E-state index contributed by atoms with van der Waals surface area (Å²) >= 11 is 0. The highest BCUT2D eigenvalue weighted by molar-refractivity contribution is 5.78. The van der Waals surface area contributed by atoms with Gasteiger partial charge in [0.15, 0.2) is 0 Å². The van der Waals surface area contributed by atoms with E-state index in [0.717, 1.165) is 42.6 Å². The summed E-state index contributed by atoms with van der Waals surface area (Å²) < 4.78 is 0. The number of benzene rings is 1. The molecule has 1 unspecified atom stereocenters. The van der Waals surface area contributed by atoms with E-state index in [4.69, 9.17) is 0 Å². The second-order valence-electron chi connectivity index (χ2n) is 9.47. The van der Waals surface area contributed by atoms with E-state index in [9.17, 15) is 9.59 Å². The lowest BCUT2D eigenvalue weighted by molar-refractivity contribution is -0.121. The Labute approximate surface area is 168 Å². The molecule has 0 aliphatic heterocycles. The zero-order valence-electron chi connectivity index (χ0n) is 17.1. The molecule has 0 saturated heterocycles. The normalized spacial score (nSPS) is 31.3.